The second kappa shape index (κ2) is 4.65. The highest BCUT2D eigenvalue weighted by atomic mass is 79.9. The van der Waals surface area contributed by atoms with Crippen LogP contribution in [0.1, 0.15) is 41.5 Å². The van der Waals surface area contributed by atoms with Gasteiger partial charge in [-0.15, -0.1) is 0 Å². The lowest BCUT2D eigenvalue weighted by molar-refractivity contribution is -0.424. The van der Waals surface area contributed by atoms with Crippen molar-refractivity contribution in [2.45, 2.75) is 51.9 Å². The molecule has 0 amide bonds. The van der Waals surface area contributed by atoms with Gasteiger partial charge in [0.1, 0.15) is 4.83 Å². The van der Waals surface area contributed by atoms with Gasteiger partial charge >= 0.3 is 0 Å². The van der Waals surface area contributed by atoms with Gasteiger partial charge in [-0.3, -0.25) is 10.3 Å². The van der Waals surface area contributed by atoms with E-state index in [1.54, 1.807) is 0 Å². The number of alkyl halides is 1. The van der Waals surface area contributed by atoms with Crippen LogP contribution in [0.25, 0.3) is 0 Å². The van der Waals surface area contributed by atoms with Crippen LogP contribution in [0.4, 0.5) is 0 Å². The second-order valence-corrected chi connectivity index (χ2v) is 6.68. The maximum Gasteiger partial charge on any atom is 0.257 e. The SMILES string of the molecule is C[NH+]=C(NC(C)(C)C)[C@H](Br)C(C)(C)C. The van der Waals surface area contributed by atoms with E-state index in [4.69, 9.17) is 0 Å². The lowest BCUT2D eigenvalue weighted by Crippen LogP contribution is -2.76. The summed E-state index contributed by atoms with van der Waals surface area (Å²) in [4.78, 5) is 3.54. The largest absolute Gasteiger partial charge is 0.280 e. The van der Waals surface area contributed by atoms with Crippen LogP contribution in [0.3, 0.4) is 0 Å². The zero-order valence-corrected chi connectivity index (χ0v) is 12.0. The van der Waals surface area contributed by atoms with Crippen molar-refractivity contribution in [2.24, 2.45) is 5.41 Å². The first-order valence-electron chi connectivity index (χ1n) is 5.05. The van der Waals surface area contributed by atoms with E-state index >= 15 is 0 Å². The first-order valence-corrected chi connectivity index (χ1v) is 5.96. The molecule has 0 aromatic heterocycles. The molecule has 0 heterocycles. The molecule has 0 radical (unpaired) electrons. The van der Waals surface area contributed by atoms with Crippen molar-refractivity contribution in [3.8, 4) is 0 Å². The third-order valence-electron chi connectivity index (χ3n) is 1.79. The summed E-state index contributed by atoms with van der Waals surface area (Å²) in [7, 11) is 1.95. The van der Waals surface area contributed by atoms with Gasteiger partial charge in [0.25, 0.3) is 5.84 Å². The molecule has 0 saturated heterocycles. The molecule has 0 saturated carbocycles. The average Bonchev–Trinajstić information content (AvgIpc) is 1.95. The van der Waals surface area contributed by atoms with E-state index in [2.05, 4.69) is 67.8 Å². The Bertz CT molecular complexity index is 208. The van der Waals surface area contributed by atoms with Crippen LogP contribution in [0.5, 0.6) is 0 Å². The van der Waals surface area contributed by atoms with Gasteiger partial charge in [0, 0.05) is 0 Å². The smallest absolute Gasteiger partial charge is 0.257 e. The molecule has 3 heteroatoms. The molecule has 84 valence electrons. The second-order valence-electron chi connectivity index (χ2n) is 5.77. The molecule has 0 rings (SSSR count). The summed E-state index contributed by atoms with van der Waals surface area (Å²) in [5.74, 6) is 1.14. The molecule has 1 atom stereocenters. The van der Waals surface area contributed by atoms with E-state index < -0.39 is 0 Å². The van der Waals surface area contributed by atoms with Crippen molar-refractivity contribution in [1.82, 2.24) is 5.32 Å². The van der Waals surface area contributed by atoms with E-state index in [9.17, 15) is 0 Å². The minimum Gasteiger partial charge on any atom is -0.280 e. The Hall–Kier alpha value is -0.0500. The topological polar surface area (TPSA) is 26.0 Å². The Balaban J connectivity index is 4.62. The number of hydrogen-bond acceptors (Lipinski definition) is 0. The van der Waals surface area contributed by atoms with Crippen LogP contribution in [-0.2, 0) is 0 Å². The van der Waals surface area contributed by atoms with Crippen molar-refractivity contribution in [1.29, 1.82) is 0 Å². The minimum absolute atomic E-state index is 0.0929. The van der Waals surface area contributed by atoms with Crippen LogP contribution in [0, 0.1) is 5.41 Å². The Morgan fingerprint density at radius 1 is 1.14 bits per heavy atom. The van der Waals surface area contributed by atoms with E-state index in [0.717, 1.165) is 5.84 Å². The third kappa shape index (κ3) is 4.99. The summed E-state index contributed by atoms with van der Waals surface area (Å²) in [6, 6.07) is 0. The highest BCUT2D eigenvalue weighted by Crippen LogP contribution is 2.25. The number of nitrogens with one attached hydrogen (secondary N) is 2. The molecule has 2 N–H and O–H groups in total. The van der Waals surface area contributed by atoms with Crippen LogP contribution in [-0.4, -0.2) is 23.2 Å². The number of amidine groups is 1. The number of rotatable bonds is 1. The maximum absolute atomic E-state index is 3.72. The van der Waals surface area contributed by atoms with Gasteiger partial charge in [0.15, 0.2) is 0 Å². The third-order valence-corrected chi connectivity index (χ3v) is 3.62. The van der Waals surface area contributed by atoms with E-state index in [1.165, 1.54) is 0 Å². The zero-order valence-electron chi connectivity index (χ0n) is 10.5. The fourth-order valence-electron chi connectivity index (χ4n) is 1.09. The van der Waals surface area contributed by atoms with Crippen LogP contribution < -0.4 is 10.3 Å². The Labute approximate surface area is 96.7 Å². The molecule has 0 fully saturated rings. The molecule has 0 aromatic carbocycles. The predicted octanol–water partition coefficient (Wildman–Crippen LogP) is 1.29. The van der Waals surface area contributed by atoms with Crippen LogP contribution in [0.15, 0.2) is 0 Å². The van der Waals surface area contributed by atoms with Crippen molar-refractivity contribution in [2.75, 3.05) is 7.05 Å². The van der Waals surface area contributed by atoms with Gasteiger partial charge in [0.05, 0.1) is 12.6 Å². The van der Waals surface area contributed by atoms with Crippen LogP contribution in [0.2, 0.25) is 0 Å². The molecule has 0 bridgehead atoms. The molecule has 0 aromatic rings. The Kier molecular flexibility index (Phi) is 4.63. The Morgan fingerprint density at radius 3 is 1.79 bits per heavy atom. The predicted molar refractivity (Wildman–Crippen MR) is 67.0 cm³/mol. The van der Waals surface area contributed by atoms with Gasteiger partial charge in [-0.2, -0.15) is 0 Å². The molecular formula is C11H24BrN2+. The minimum atomic E-state index is 0.0929. The van der Waals surface area contributed by atoms with E-state index in [1.807, 2.05) is 7.05 Å². The molecular weight excluding hydrogens is 240 g/mol. The normalized spacial score (nSPS) is 16.7. The first-order chi connectivity index (χ1) is 6.08. The molecule has 0 aliphatic rings. The summed E-state index contributed by atoms with van der Waals surface area (Å²) in [6.45, 7) is 13.1. The average molecular weight is 264 g/mol. The lowest BCUT2D eigenvalue weighted by atomic mass is 9.91. The quantitative estimate of drug-likeness (QED) is 0.416. The summed E-state index contributed by atoms with van der Waals surface area (Å²) in [5.41, 5.74) is 0.298. The lowest BCUT2D eigenvalue weighted by Gasteiger charge is -2.27. The molecule has 14 heavy (non-hydrogen) atoms. The summed E-state index contributed by atoms with van der Waals surface area (Å²) in [5, 5.41) is 3.47. The molecule has 2 nitrogen and oxygen atoms in total. The van der Waals surface area contributed by atoms with Crippen molar-refractivity contribution >= 4 is 21.8 Å². The van der Waals surface area contributed by atoms with Gasteiger partial charge in [-0.05, 0) is 26.2 Å². The summed E-state index contributed by atoms with van der Waals surface area (Å²) >= 11 is 3.72. The highest BCUT2D eigenvalue weighted by molar-refractivity contribution is 9.10. The number of halogens is 1. The fraction of sp³-hybridized carbons (Fsp3) is 0.909. The molecule has 0 aliphatic heterocycles. The van der Waals surface area contributed by atoms with E-state index in [-0.39, 0.29) is 11.0 Å². The van der Waals surface area contributed by atoms with E-state index in [0.29, 0.717) is 4.83 Å². The first kappa shape index (κ1) is 13.9. The maximum atomic E-state index is 3.72. The standard InChI is InChI=1S/C11H23BrN2/c1-10(2,3)8(12)9(13-7)14-11(4,5)6/h8H,1-7H3,(H,13,14)/p+1/t8-/m0/s1. The van der Waals surface area contributed by atoms with Gasteiger partial charge < -0.3 is 0 Å². The monoisotopic (exact) mass is 263 g/mol. The van der Waals surface area contributed by atoms with Crippen molar-refractivity contribution in [3.05, 3.63) is 0 Å². The van der Waals surface area contributed by atoms with Gasteiger partial charge in [-0.1, -0.05) is 36.7 Å². The highest BCUT2D eigenvalue weighted by Gasteiger charge is 2.33. The molecule has 0 aliphatic carbocycles. The Morgan fingerprint density at radius 2 is 1.57 bits per heavy atom. The number of hydrogen-bond donors (Lipinski definition) is 2. The van der Waals surface area contributed by atoms with Gasteiger partial charge in [0.2, 0.25) is 0 Å². The molecule has 0 spiro atoms. The van der Waals surface area contributed by atoms with Gasteiger partial charge in [-0.25, -0.2) is 0 Å². The van der Waals surface area contributed by atoms with Crippen molar-refractivity contribution < 1.29 is 4.99 Å². The molecule has 0 unspecified atom stereocenters. The summed E-state index contributed by atoms with van der Waals surface area (Å²) < 4.78 is 0. The summed E-state index contributed by atoms with van der Waals surface area (Å²) in [6.07, 6.45) is 0. The van der Waals surface area contributed by atoms with Crippen LogP contribution >= 0.6 is 15.9 Å². The fourth-order valence-corrected chi connectivity index (χ4v) is 1.43. The van der Waals surface area contributed by atoms with Crippen molar-refractivity contribution in [3.63, 3.8) is 0 Å². The zero-order chi connectivity index (χ0) is 11.6.